The SMILES string of the molecule is c1ccc(-c2cccc(-c3nc(-c4cccc5ccccc45)nc(-c4c(C5CCc6cc7ccccc7cc6-c6ccccc65)c5c6ccccc6oc5c5ccccc45)n3)c2)cc1. The Morgan fingerprint density at radius 1 is 0.406 bits per heavy atom. The van der Waals surface area contributed by atoms with Gasteiger partial charge in [-0.15, -0.1) is 0 Å². The molecule has 0 N–H and O–H groups in total. The predicted octanol–water partition coefficient (Wildman–Crippen LogP) is 15.6. The highest BCUT2D eigenvalue weighted by molar-refractivity contribution is 6.21. The Morgan fingerprint density at radius 2 is 1.02 bits per heavy atom. The van der Waals surface area contributed by atoms with Gasteiger partial charge in [-0.25, -0.2) is 15.0 Å². The quantitative estimate of drug-likeness (QED) is 0.174. The number of hydrogen-bond acceptors (Lipinski definition) is 4. The van der Waals surface area contributed by atoms with Crippen LogP contribution in [0.4, 0.5) is 0 Å². The Hall–Kier alpha value is -8.21. The monoisotopic (exact) mass is 817 g/mol. The Kier molecular flexibility index (Phi) is 8.38. The lowest BCUT2D eigenvalue weighted by Gasteiger charge is -2.24. The molecule has 2 aromatic heterocycles. The minimum atomic E-state index is -0.0301. The molecule has 4 heteroatoms. The standard InChI is InChI=1S/C60H39N3O/c1-2-16-37(17-3-1)39-22-14-23-43(35-39)58-61-59(50-30-15-21-38-18-6-7-24-44(38)50)63-60(62-58)56-47-27-10-11-28-49(47)57-55(51-29-12-13-31-53(51)64-57)54(56)48-33-32-42-34-40-19-4-5-20-41(40)36-52(42)46-26-9-8-25-45(46)48/h1-31,34-36,48H,32-33H2. The highest BCUT2D eigenvalue weighted by Crippen LogP contribution is 2.51. The number of aryl methyl sites for hydroxylation is 1. The van der Waals surface area contributed by atoms with Crippen molar-refractivity contribution in [3.05, 3.63) is 223 Å². The molecule has 1 atom stereocenters. The van der Waals surface area contributed by atoms with Crippen molar-refractivity contribution in [3.8, 4) is 56.4 Å². The molecule has 0 spiro atoms. The van der Waals surface area contributed by atoms with E-state index in [1.165, 1.54) is 38.6 Å². The third kappa shape index (κ3) is 5.87. The van der Waals surface area contributed by atoms with Crippen molar-refractivity contribution >= 4 is 54.3 Å². The molecule has 0 saturated heterocycles. The third-order valence-electron chi connectivity index (χ3n) is 13.3. The number of hydrogen-bond donors (Lipinski definition) is 0. The summed E-state index contributed by atoms with van der Waals surface area (Å²) in [6, 6.07) is 73.7. The number of nitrogens with zero attached hydrogens (tertiary/aromatic N) is 3. The zero-order valence-corrected chi connectivity index (χ0v) is 34.9. The molecule has 0 radical (unpaired) electrons. The van der Waals surface area contributed by atoms with Crippen LogP contribution in [0.25, 0.3) is 111 Å². The predicted molar refractivity (Wildman–Crippen MR) is 263 cm³/mol. The van der Waals surface area contributed by atoms with Crippen LogP contribution >= 0.6 is 0 Å². The third-order valence-corrected chi connectivity index (χ3v) is 13.3. The van der Waals surface area contributed by atoms with Crippen molar-refractivity contribution in [3.63, 3.8) is 0 Å². The van der Waals surface area contributed by atoms with Crippen LogP contribution < -0.4 is 0 Å². The maximum atomic E-state index is 6.96. The van der Waals surface area contributed by atoms with Gasteiger partial charge in [0, 0.05) is 38.8 Å². The topological polar surface area (TPSA) is 51.8 Å². The van der Waals surface area contributed by atoms with Gasteiger partial charge in [0.2, 0.25) is 0 Å². The fourth-order valence-corrected chi connectivity index (χ4v) is 10.4. The summed E-state index contributed by atoms with van der Waals surface area (Å²) < 4.78 is 6.96. The molecule has 0 fully saturated rings. The molecule has 0 bridgehead atoms. The van der Waals surface area contributed by atoms with Crippen LogP contribution in [0, 0.1) is 0 Å². The van der Waals surface area contributed by atoms with Gasteiger partial charge in [-0.3, -0.25) is 0 Å². The van der Waals surface area contributed by atoms with E-state index in [4.69, 9.17) is 19.4 Å². The zero-order valence-electron chi connectivity index (χ0n) is 34.9. The highest BCUT2D eigenvalue weighted by atomic mass is 16.3. The Balaban J connectivity index is 1.15. The Labute approximate surface area is 370 Å². The molecule has 0 saturated carbocycles. The van der Waals surface area contributed by atoms with Crippen LogP contribution in [-0.4, -0.2) is 15.0 Å². The number of aromatic nitrogens is 3. The van der Waals surface area contributed by atoms with E-state index in [-0.39, 0.29) is 5.92 Å². The first-order valence-electron chi connectivity index (χ1n) is 22.1. The lowest BCUT2D eigenvalue weighted by Crippen LogP contribution is -2.08. The van der Waals surface area contributed by atoms with E-state index in [9.17, 15) is 0 Å². The number of furan rings is 1. The molecule has 13 rings (SSSR count). The van der Waals surface area contributed by atoms with Crippen molar-refractivity contribution in [2.24, 2.45) is 0 Å². The van der Waals surface area contributed by atoms with Gasteiger partial charge in [0.05, 0.1) is 0 Å². The summed E-state index contributed by atoms with van der Waals surface area (Å²) in [7, 11) is 0. The van der Waals surface area contributed by atoms with E-state index in [1.807, 2.05) is 0 Å². The van der Waals surface area contributed by atoms with Crippen molar-refractivity contribution in [2.75, 3.05) is 0 Å². The van der Waals surface area contributed by atoms with E-state index in [2.05, 4.69) is 206 Å². The minimum absolute atomic E-state index is 0.0301. The van der Waals surface area contributed by atoms with Gasteiger partial charge in [-0.05, 0) is 96.9 Å². The van der Waals surface area contributed by atoms with E-state index < -0.39 is 0 Å². The minimum Gasteiger partial charge on any atom is -0.455 e. The largest absolute Gasteiger partial charge is 0.455 e. The maximum Gasteiger partial charge on any atom is 0.165 e. The average molecular weight is 818 g/mol. The zero-order chi connectivity index (χ0) is 42.1. The summed E-state index contributed by atoms with van der Waals surface area (Å²) in [4.78, 5) is 16.6. The fraction of sp³-hybridized carbons (Fsp3) is 0.0500. The summed E-state index contributed by atoms with van der Waals surface area (Å²) in [6.07, 6.45) is 1.79. The molecular weight excluding hydrogens is 779 g/mol. The van der Waals surface area contributed by atoms with E-state index in [0.717, 1.165) is 84.1 Å². The number of fused-ring (bicyclic) bond motifs is 10. The molecule has 300 valence electrons. The van der Waals surface area contributed by atoms with Crippen LogP contribution in [0.1, 0.15) is 29.0 Å². The Bertz CT molecular complexity index is 3810. The van der Waals surface area contributed by atoms with Gasteiger partial charge in [0.15, 0.2) is 17.5 Å². The van der Waals surface area contributed by atoms with Crippen LogP contribution in [0.2, 0.25) is 0 Å². The summed E-state index contributed by atoms with van der Waals surface area (Å²) in [6.45, 7) is 0. The maximum absolute atomic E-state index is 6.96. The van der Waals surface area contributed by atoms with Gasteiger partial charge in [0.1, 0.15) is 11.2 Å². The molecule has 1 aliphatic carbocycles. The average Bonchev–Trinajstić information content (AvgIpc) is 3.68. The molecule has 1 aliphatic rings. The molecule has 10 aromatic carbocycles. The van der Waals surface area contributed by atoms with Crippen molar-refractivity contribution in [2.45, 2.75) is 18.8 Å². The molecule has 1 unspecified atom stereocenters. The van der Waals surface area contributed by atoms with Gasteiger partial charge >= 0.3 is 0 Å². The first-order chi connectivity index (χ1) is 31.7. The number of benzene rings is 10. The second-order valence-electron chi connectivity index (χ2n) is 17.0. The molecule has 0 aliphatic heterocycles. The first-order valence-corrected chi connectivity index (χ1v) is 22.1. The second-order valence-corrected chi connectivity index (χ2v) is 17.0. The lowest BCUT2D eigenvalue weighted by atomic mass is 9.79. The fourth-order valence-electron chi connectivity index (χ4n) is 10.4. The van der Waals surface area contributed by atoms with Gasteiger partial charge in [-0.1, -0.05) is 188 Å². The number of rotatable bonds is 5. The Morgan fingerprint density at radius 3 is 1.89 bits per heavy atom. The summed E-state index contributed by atoms with van der Waals surface area (Å²) in [5.41, 5.74) is 13.3. The smallest absolute Gasteiger partial charge is 0.165 e. The van der Waals surface area contributed by atoms with Crippen LogP contribution in [0.5, 0.6) is 0 Å². The number of para-hydroxylation sites is 1. The molecule has 4 nitrogen and oxygen atoms in total. The van der Waals surface area contributed by atoms with Crippen molar-refractivity contribution in [1.29, 1.82) is 0 Å². The molecular formula is C60H39N3O. The second kappa shape index (κ2) is 14.7. The van der Waals surface area contributed by atoms with Gasteiger partial charge < -0.3 is 4.42 Å². The molecule has 0 amide bonds. The molecule has 64 heavy (non-hydrogen) atoms. The highest BCUT2D eigenvalue weighted by Gasteiger charge is 2.32. The van der Waals surface area contributed by atoms with Crippen molar-refractivity contribution in [1.82, 2.24) is 15.0 Å². The van der Waals surface area contributed by atoms with Crippen LogP contribution in [0.15, 0.2) is 211 Å². The normalized spacial score (nSPS) is 13.7. The van der Waals surface area contributed by atoms with E-state index >= 15 is 0 Å². The van der Waals surface area contributed by atoms with Crippen LogP contribution in [0.3, 0.4) is 0 Å². The van der Waals surface area contributed by atoms with E-state index in [1.54, 1.807) is 0 Å². The first kappa shape index (κ1) is 36.4. The lowest BCUT2D eigenvalue weighted by molar-refractivity contribution is 0.671. The van der Waals surface area contributed by atoms with Gasteiger partial charge in [-0.2, -0.15) is 0 Å². The molecule has 12 aromatic rings. The van der Waals surface area contributed by atoms with Crippen molar-refractivity contribution < 1.29 is 4.42 Å². The summed E-state index contributed by atoms with van der Waals surface area (Å²) in [5, 5.41) is 9.02. The molecule has 2 heterocycles. The summed E-state index contributed by atoms with van der Waals surface area (Å²) >= 11 is 0. The summed E-state index contributed by atoms with van der Waals surface area (Å²) in [5.74, 6) is 1.87. The van der Waals surface area contributed by atoms with Crippen LogP contribution in [-0.2, 0) is 6.42 Å². The van der Waals surface area contributed by atoms with E-state index in [0.29, 0.717) is 17.5 Å². The van der Waals surface area contributed by atoms with Gasteiger partial charge in [0.25, 0.3) is 0 Å².